The van der Waals surface area contributed by atoms with Crippen LogP contribution in [0.5, 0.6) is 5.75 Å². The van der Waals surface area contributed by atoms with Gasteiger partial charge < -0.3 is 19.9 Å². The zero-order valence-corrected chi connectivity index (χ0v) is 12.1. The summed E-state index contributed by atoms with van der Waals surface area (Å²) in [5, 5.41) is 12.4. The normalized spacial score (nSPS) is 21.6. The van der Waals surface area contributed by atoms with Crippen LogP contribution in [-0.4, -0.2) is 35.6 Å². The fourth-order valence-electron chi connectivity index (χ4n) is 2.16. The van der Waals surface area contributed by atoms with Gasteiger partial charge in [-0.15, -0.1) is 0 Å². The Hall–Kier alpha value is -1.75. The summed E-state index contributed by atoms with van der Waals surface area (Å²) < 4.78 is 10.9. The highest BCUT2D eigenvalue weighted by atomic mass is 16.6. The highest BCUT2D eigenvalue weighted by molar-refractivity contribution is 5.69. The van der Waals surface area contributed by atoms with Gasteiger partial charge in [-0.25, -0.2) is 4.79 Å². The lowest BCUT2D eigenvalue weighted by Crippen LogP contribution is -2.59. The minimum Gasteiger partial charge on any atom is -0.491 e. The van der Waals surface area contributed by atoms with Gasteiger partial charge in [0.2, 0.25) is 0 Å². The molecule has 1 heterocycles. The molecule has 1 aliphatic rings. The van der Waals surface area contributed by atoms with E-state index in [1.807, 2.05) is 24.3 Å². The number of ether oxygens (including phenoxy) is 2. The Morgan fingerprint density at radius 2 is 2.15 bits per heavy atom. The van der Waals surface area contributed by atoms with Crippen LogP contribution in [0.2, 0.25) is 0 Å². The molecule has 2 N–H and O–H groups in total. The minimum absolute atomic E-state index is 0.208. The van der Waals surface area contributed by atoms with Gasteiger partial charge in [-0.2, -0.15) is 0 Å². The molecule has 1 aliphatic heterocycles. The number of carbonyl (C=O) groups excluding carboxylic acids is 1. The van der Waals surface area contributed by atoms with Crippen LogP contribution in [0.25, 0.3) is 0 Å². The molecule has 0 spiro atoms. The maximum absolute atomic E-state index is 11.9. The molecule has 0 aromatic heterocycles. The third kappa shape index (κ3) is 3.42. The van der Waals surface area contributed by atoms with Crippen LogP contribution < -0.4 is 10.1 Å². The number of hydrogen-bond donors (Lipinski definition) is 2. The van der Waals surface area contributed by atoms with Crippen molar-refractivity contribution in [3.05, 3.63) is 29.8 Å². The average Bonchev–Trinajstić information content (AvgIpc) is 2.36. The van der Waals surface area contributed by atoms with E-state index in [0.717, 1.165) is 11.3 Å². The van der Waals surface area contributed by atoms with E-state index in [1.165, 1.54) is 0 Å². The van der Waals surface area contributed by atoms with Crippen molar-refractivity contribution >= 4 is 6.09 Å². The second kappa shape index (κ2) is 5.32. The molecule has 1 unspecified atom stereocenters. The van der Waals surface area contributed by atoms with Gasteiger partial charge in [-0.05, 0) is 32.4 Å². The number of fused-ring (bicyclic) bond motifs is 1. The van der Waals surface area contributed by atoms with Gasteiger partial charge in [0.15, 0.2) is 0 Å². The van der Waals surface area contributed by atoms with Gasteiger partial charge in [0.05, 0.1) is 6.61 Å². The van der Waals surface area contributed by atoms with Crippen molar-refractivity contribution in [3.63, 3.8) is 0 Å². The van der Waals surface area contributed by atoms with Gasteiger partial charge in [0, 0.05) is 6.42 Å². The van der Waals surface area contributed by atoms with Crippen molar-refractivity contribution in [2.45, 2.75) is 38.3 Å². The molecular weight excluding hydrogens is 258 g/mol. The summed E-state index contributed by atoms with van der Waals surface area (Å²) >= 11 is 0. The molecule has 1 aromatic carbocycles. The number of para-hydroxylation sites is 1. The molecule has 1 amide bonds. The Balaban J connectivity index is 2.10. The van der Waals surface area contributed by atoms with Crippen molar-refractivity contribution in [3.8, 4) is 5.75 Å². The standard InChI is InChI=1S/C15H21NO4/c1-14(2,3)20-13(18)16-15(9-17)8-11-6-4-5-7-12(11)19-10-15/h4-7,17H,8-10H2,1-3H3,(H,16,18). The molecule has 1 aromatic rings. The number of hydrogen-bond acceptors (Lipinski definition) is 4. The van der Waals surface area contributed by atoms with E-state index < -0.39 is 17.2 Å². The van der Waals surface area contributed by atoms with Gasteiger partial charge in [-0.3, -0.25) is 0 Å². The molecule has 5 nitrogen and oxygen atoms in total. The van der Waals surface area contributed by atoms with Crippen LogP contribution in [0.15, 0.2) is 24.3 Å². The monoisotopic (exact) mass is 279 g/mol. The summed E-state index contributed by atoms with van der Waals surface area (Å²) in [6.45, 7) is 5.40. The number of benzene rings is 1. The number of carbonyl (C=O) groups is 1. The van der Waals surface area contributed by atoms with Crippen molar-refractivity contribution in [2.24, 2.45) is 0 Å². The Labute approximate surface area is 118 Å². The number of aliphatic hydroxyl groups excluding tert-OH is 1. The number of alkyl carbamates (subject to hydrolysis) is 1. The zero-order valence-electron chi connectivity index (χ0n) is 12.1. The highest BCUT2D eigenvalue weighted by Crippen LogP contribution is 2.29. The summed E-state index contributed by atoms with van der Waals surface area (Å²) in [5.74, 6) is 0.794. The first-order chi connectivity index (χ1) is 9.34. The van der Waals surface area contributed by atoms with E-state index in [-0.39, 0.29) is 13.2 Å². The average molecular weight is 279 g/mol. The van der Waals surface area contributed by atoms with E-state index in [9.17, 15) is 9.90 Å². The first-order valence-electron chi connectivity index (χ1n) is 6.66. The van der Waals surface area contributed by atoms with E-state index >= 15 is 0 Å². The van der Waals surface area contributed by atoms with Gasteiger partial charge in [-0.1, -0.05) is 18.2 Å². The quantitative estimate of drug-likeness (QED) is 0.867. The molecule has 0 saturated carbocycles. The van der Waals surface area contributed by atoms with Crippen LogP contribution in [-0.2, 0) is 11.2 Å². The highest BCUT2D eigenvalue weighted by Gasteiger charge is 2.38. The summed E-state index contributed by atoms with van der Waals surface area (Å²) in [5.41, 5.74) is -0.450. The van der Waals surface area contributed by atoms with E-state index in [1.54, 1.807) is 20.8 Å². The molecule has 2 rings (SSSR count). The number of nitrogens with one attached hydrogen (secondary N) is 1. The van der Waals surface area contributed by atoms with Crippen LogP contribution in [0.1, 0.15) is 26.3 Å². The fourth-order valence-corrected chi connectivity index (χ4v) is 2.16. The third-order valence-electron chi connectivity index (χ3n) is 3.07. The summed E-state index contributed by atoms with van der Waals surface area (Å²) in [6, 6.07) is 7.61. The molecule has 0 saturated heterocycles. The van der Waals surface area contributed by atoms with Gasteiger partial charge >= 0.3 is 6.09 Å². The van der Waals surface area contributed by atoms with Crippen LogP contribution >= 0.6 is 0 Å². The SMILES string of the molecule is CC(C)(C)OC(=O)NC1(CO)COc2ccccc2C1. The lowest BCUT2D eigenvalue weighted by molar-refractivity contribution is 0.0288. The van der Waals surface area contributed by atoms with Crippen LogP contribution in [0.4, 0.5) is 4.79 Å². The van der Waals surface area contributed by atoms with Crippen molar-refractivity contribution < 1.29 is 19.4 Å². The molecule has 0 bridgehead atoms. The first kappa shape index (κ1) is 14.7. The van der Waals surface area contributed by atoms with Gasteiger partial charge in [0.25, 0.3) is 0 Å². The fraction of sp³-hybridized carbons (Fsp3) is 0.533. The predicted molar refractivity (Wildman–Crippen MR) is 74.8 cm³/mol. The summed E-state index contributed by atoms with van der Waals surface area (Å²) in [7, 11) is 0. The Morgan fingerprint density at radius 3 is 2.80 bits per heavy atom. The van der Waals surface area contributed by atoms with E-state index in [4.69, 9.17) is 9.47 Å². The first-order valence-corrected chi connectivity index (χ1v) is 6.66. The van der Waals surface area contributed by atoms with E-state index in [0.29, 0.717) is 6.42 Å². The van der Waals surface area contributed by atoms with Gasteiger partial charge in [0.1, 0.15) is 23.5 Å². The topological polar surface area (TPSA) is 67.8 Å². The molecule has 20 heavy (non-hydrogen) atoms. The number of aliphatic hydroxyl groups is 1. The molecule has 110 valence electrons. The molecule has 0 fully saturated rings. The van der Waals surface area contributed by atoms with Crippen molar-refractivity contribution in [2.75, 3.05) is 13.2 Å². The maximum atomic E-state index is 11.9. The Kier molecular flexibility index (Phi) is 3.90. The lowest BCUT2D eigenvalue weighted by Gasteiger charge is -2.37. The lowest BCUT2D eigenvalue weighted by atomic mass is 9.90. The molecule has 1 atom stereocenters. The maximum Gasteiger partial charge on any atom is 0.408 e. The second-order valence-electron chi connectivity index (χ2n) is 6.14. The zero-order chi connectivity index (χ0) is 14.8. The molecular formula is C15H21NO4. The molecule has 5 heteroatoms. The molecule has 0 aliphatic carbocycles. The largest absolute Gasteiger partial charge is 0.491 e. The third-order valence-corrected chi connectivity index (χ3v) is 3.07. The second-order valence-corrected chi connectivity index (χ2v) is 6.14. The van der Waals surface area contributed by atoms with Crippen LogP contribution in [0.3, 0.4) is 0 Å². The Bertz CT molecular complexity index is 495. The molecule has 0 radical (unpaired) electrons. The van der Waals surface area contributed by atoms with Crippen molar-refractivity contribution in [1.82, 2.24) is 5.32 Å². The summed E-state index contributed by atoms with van der Waals surface area (Å²) in [6.07, 6.45) is -0.0339. The smallest absolute Gasteiger partial charge is 0.408 e. The number of rotatable bonds is 2. The van der Waals surface area contributed by atoms with E-state index in [2.05, 4.69) is 5.32 Å². The predicted octanol–water partition coefficient (Wildman–Crippen LogP) is 1.88. The summed E-state index contributed by atoms with van der Waals surface area (Å²) in [4.78, 5) is 11.9. The number of amides is 1. The van der Waals surface area contributed by atoms with Crippen LogP contribution in [0, 0.1) is 0 Å². The minimum atomic E-state index is -0.837. The van der Waals surface area contributed by atoms with Crippen molar-refractivity contribution in [1.29, 1.82) is 0 Å². The Morgan fingerprint density at radius 1 is 1.45 bits per heavy atom.